The highest BCUT2D eigenvalue weighted by Gasteiger charge is 2.25. The van der Waals surface area contributed by atoms with E-state index in [1.807, 2.05) is 0 Å². The first-order chi connectivity index (χ1) is 6.77. The second kappa shape index (κ2) is 6.38. The number of aliphatic hydroxyl groups excluding tert-OH is 1. The zero-order chi connectivity index (χ0) is 10.4. The van der Waals surface area contributed by atoms with Gasteiger partial charge in [0.2, 0.25) is 0 Å². The number of ether oxygens (including phenoxy) is 1. The van der Waals surface area contributed by atoms with Gasteiger partial charge in [0.1, 0.15) is 0 Å². The van der Waals surface area contributed by atoms with Gasteiger partial charge >= 0.3 is 0 Å². The van der Waals surface area contributed by atoms with Crippen LogP contribution in [0.4, 0.5) is 0 Å². The summed E-state index contributed by atoms with van der Waals surface area (Å²) in [6, 6.07) is 0.749. The van der Waals surface area contributed by atoms with Crippen LogP contribution in [0, 0.1) is 0 Å². The molecule has 3 nitrogen and oxygen atoms in total. The molecule has 0 aromatic rings. The maximum Gasteiger partial charge on any atom is 0.0670 e. The Morgan fingerprint density at radius 1 is 1.50 bits per heavy atom. The first-order valence-corrected chi connectivity index (χ1v) is 5.65. The largest absolute Gasteiger partial charge is 0.396 e. The molecule has 1 atom stereocenters. The molecule has 0 amide bonds. The van der Waals surface area contributed by atoms with Gasteiger partial charge in [0.15, 0.2) is 0 Å². The van der Waals surface area contributed by atoms with E-state index in [-0.39, 0.29) is 0 Å². The predicted molar refractivity (Wildman–Crippen MR) is 57.4 cm³/mol. The van der Waals surface area contributed by atoms with E-state index in [4.69, 9.17) is 9.84 Å². The van der Waals surface area contributed by atoms with E-state index in [0.29, 0.717) is 12.7 Å². The lowest BCUT2D eigenvalue weighted by molar-refractivity contribution is 0.0369. The molecule has 84 valence electrons. The Morgan fingerprint density at radius 3 is 2.64 bits per heavy atom. The zero-order valence-corrected chi connectivity index (χ0v) is 9.41. The first-order valence-electron chi connectivity index (χ1n) is 5.65. The van der Waals surface area contributed by atoms with E-state index in [1.165, 1.54) is 19.3 Å². The Balaban J connectivity index is 2.27. The van der Waals surface area contributed by atoms with E-state index in [0.717, 1.165) is 25.6 Å². The van der Waals surface area contributed by atoms with Crippen LogP contribution in [0.5, 0.6) is 0 Å². The van der Waals surface area contributed by atoms with Crippen molar-refractivity contribution in [2.75, 3.05) is 26.8 Å². The fourth-order valence-electron chi connectivity index (χ4n) is 1.85. The van der Waals surface area contributed by atoms with Crippen LogP contribution in [0.2, 0.25) is 0 Å². The monoisotopic (exact) mass is 201 g/mol. The van der Waals surface area contributed by atoms with Crippen molar-refractivity contribution in [2.45, 2.75) is 44.8 Å². The lowest BCUT2D eigenvalue weighted by Crippen LogP contribution is -2.44. The van der Waals surface area contributed by atoms with Crippen molar-refractivity contribution < 1.29 is 9.84 Å². The smallest absolute Gasteiger partial charge is 0.0670 e. The molecule has 0 aliphatic heterocycles. The number of rotatable bonds is 7. The summed E-state index contributed by atoms with van der Waals surface area (Å²) in [4.78, 5) is 2.47. The number of hydrogen-bond acceptors (Lipinski definition) is 3. The molecule has 1 N–H and O–H groups in total. The summed E-state index contributed by atoms with van der Waals surface area (Å²) in [5.41, 5.74) is 0. The lowest BCUT2D eigenvalue weighted by atomic mass is 9.91. The van der Waals surface area contributed by atoms with Crippen LogP contribution in [0.1, 0.15) is 32.6 Å². The summed E-state index contributed by atoms with van der Waals surface area (Å²) in [5.74, 6) is 0. The van der Waals surface area contributed by atoms with Crippen molar-refractivity contribution in [1.82, 2.24) is 4.90 Å². The molecule has 14 heavy (non-hydrogen) atoms. The van der Waals surface area contributed by atoms with Gasteiger partial charge in [-0.05, 0) is 26.2 Å². The summed E-state index contributed by atoms with van der Waals surface area (Å²) in [5, 5.41) is 8.82. The molecule has 0 radical (unpaired) electrons. The van der Waals surface area contributed by atoms with Crippen LogP contribution in [0.3, 0.4) is 0 Å². The minimum Gasteiger partial charge on any atom is -0.396 e. The molecule has 1 unspecified atom stereocenters. The Labute approximate surface area is 87.1 Å². The molecule has 1 saturated carbocycles. The minimum atomic E-state index is 0.296. The van der Waals surface area contributed by atoms with Crippen molar-refractivity contribution in [3.05, 3.63) is 0 Å². The molecule has 0 spiro atoms. The van der Waals surface area contributed by atoms with Gasteiger partial charge in [-0.2, -0.15) is 0 Å². The number of hydrogen-bond donors (Lipinski definition) is 1. The average molecular weight is 201 g/mol. The Morgan fingerprint density at radius 2 is 2.21 bits per heavy atom. The Kier molecular flexibility index (Phi) is 5.45. The Bertz CT molecular complexity index is 148. The SMILES string of the molecule is COC(C)CN(CCCO)C1CCC1. The highest BCUT2D eigenvalue weighted by Crippen LogP contribution is 2.25. The van der Waals surface area contributed by atoms with Gasteiger partial charge in [-0.25, -0.2) is 0 Å². The molecular formula is C11H23NO2. The molecular weight excluding hydrogens is 178 g/mol. The average Bonchev–Trinajstić information content (AvgIpc) is 2.11. The van der Waals surface area contributed by atoms with Gasteiger partial charge < -0.3 is 9.84 Å². The maximum absolute atomic E-state index is 8.82. The fourth-order valence-corrected chi connectivity index (χ4v) is 1.85. The van der Waals surface area contributed by atoms with Crippen molar-refractivity contribution in [1.29, 1.82) is 0 Å². The van der Waals surface area contributed by atoms with Gasteiger partial charge in [0, 0.05) is 32.8 Å². The Hall–Kier alpha value is -0.120. The molecule has 0 saturated heterocycles. The molecule has 1 fully saturated rings. The molecule has 0 aromatic carbocycles. The summed E-state index contributed by atoms with van der Waals surface area (Å²) in [6.07, 6.45) is 5.19. The van der Waals surface area contributed by atoms with Gasteiger partial charge in [-0.15, -0.1) is 0 Å². The third-order valence-electron chi connectivity index (χ3n) is 3.09. The van der Waals surface area contributed by atoms with E-state index in [2.05, 4.69) is 11.8 Å². The van der Waals surface area contributed by atoms with Crippen molar-refractivity contribution >= 4 is 0 Å². The third kappa shape index (κ3) is 3.56. The maximum atomic E-state index is 8.82. The van der Waals surface area contributed by atoms with Crippen molar-refractivity contribution in [3.63, 3.8) is 0 Å². The fraction of sp³-hybridized carbons (Fsp3) is 1.00. The summed E-state index contributed by atoms with van der Waals surface area (Å²) < 4.78 is 5.28. The normalized spacial score (nSPS) is 19.7. The second-order valence-electron chi connectivity index (χ2n) is 4.20. The van der Waals surface area contributed by atoms with Crippen LogP contribution in [0.15, 0.2) is 0 Å². The number of nitrogens with zero attached hydrogens (tertiary/aromatic N) is 1. The summed E-state index contributed by atoms with van der Waals surface area (Å²) >= 11 is 0. The van der Waals surface area contributed by atoms with Crippen LogP contribution in [-0.2, 0) is 4.74 Å². The molecule has 3 heteroatoms. The number of methoxy groups -OCH3 is 1. The number of aliphatic hydroxyl groups is 1. The van der Waals surface area contributed by atoms with E-state index < -0.39 is 0 Å². The summed E-state index contributed by atoms with van der Waals surface area (Å²) in [7, 11) is 1.76. The lowest BCUT2D eigenvalue weighted by Gasteiger charge is -2.38. The standard InChI is InChI=1S/C11H23NO2/c1-10(14-2)9-12(7-4-8-13)11-5-3-6-11/h10-11,13H,3-9H2,1-2H3. The van der Waals surface area contributed by atoms with Crippen LogP contribution < -0.4 is 0 Å². The highest BCUT2D eigenvalue weighted by molar-refractivity contribution is 4.81. The predicted octanol–water partition coefficient (Wildman–Crippen LogP) is 1.26. The van der Waals surface area contributed by atoms with Crippen molar-refractivity contribution in [2.24, 2.45) is 0 Å². The topological polar surface area (TPSA) is 32.7 Å². The van der Waals surface area contributed by atoms with Gasteiger partial charge in [0.25, 0.3) is 0 Å². The van der Waals surface area contributed by atoms with E-state index in [9.17, 15) is 0 Å². The summed E-state index contributed by atoms with van der Waals surface area (Å²) in [6.45, 7) is 4.41. The van der Waals surface area contributed by atoms with E-state index >= 15 is 0 Å². The molecule has 0 bridgehead atoms. The highest BCUT2D eigenvalue weighted by atomic mass is 16.5. The van der Waals surface area contributed by atoms with E-state index in [1.54, 1.807) is 7.11 Å². The van der Waals surface area contributed by atoms with Crippen LogP contribution in [0.25, 0.3) is 0 Å². The first kappa shape index (κ1) is 12.0. The minimum absolute atomic E-state index is 0.296. The quantitative estimate of drug-likeness (QED) is 0.673. The van der Waals surface area contributed by atoms with Crippen LogP contribution >= 0.6 is 0 Å². The third-order valence-corrected chi connectivity index (χ3v) is 3.09. The molecule has 1 aliphatic rings. The van der Waals surface area contributed by atoms with Gasteiger partial charge in [-0.3, -0.25) is 4.90 Å². The van der Waals surface area contributed by atoms with Crippen LogP contribution in [-0.4, -0.2) is 49.0 Å². The molecule has 1 rings (SSSR count). The van der Waals surface area contributed by atoms with Crippen molar-refractivity contribution in [3.8, 4) is 0 Å². The zero-order valence-electron chi connectivity index (χ0n) is 9.41. The second-order valence-corrected chi connectivity index (χ2v) is 4.20. The van der Waals surface area contributed by atoms with Gasteiger partial charge in [0.05, 0.1) is 6.10 Å². The molecule has 0 heterocycles. The molecule has 0 aromatic heterocycles. The van der Waals surface area contributed by atoms with Gasteiger partial charge in [-0.1, -0.05) is 6.42 Å². The molecule has 1 aliphatic carbocycles.